The van der Waals surface area contributed by atoms with Gasteiger partial charge < -0.3 is 0 Å². The third-order valence-corrected chi connectivity index (χ3v) is 6.76. The molecule has 0 spiro atoms. The molecule has 1 aromatic rings. The molecule has 0 aliphatic carbocycles. The third-order valence-electron chi connectivity index (χ3n) is 3.26. The fourth-order valence-electron chi connectivity index (χ4n) is 1.47. The molecule has 2 heteroatoms. The zero-order valence-electron chi connectivity index (χ0n) is 10.2. The van der Waals surface area contributed by atoms with Crippen molar-refractivity contribution >= 4 is 19.7 Å². The third kappa shape index (κ3) is 4.39. The molecule has 0 amide bonds. The van der Waals surface area contributed by atoms with Gasteiger partial charge in [-0.25, -0.2) is 0 Å². The van der Waals surface area contributed by atoms with Crippen LogP contribution in [0.25, 0.3) is 0 Å². The Hall–Kier alpha value is -0.273. The molecule has 0 saturated heterocycles. The second kappa shape index (κ2) is 5.18. The molecule has 1 aromatic carbocycles. The molecule has 0 radical (unpaired) electrons. The van der Waals surface area contributed by atoms with Crippen molar-refractivity contribution in [2.75, 3.05) is 0 Å². The molecule has 0 fully saturated rings. The maximum absolute atomic E-state index is 5.85. The Morgan fingerprint density at radius 3 is 2.13 bits per heavy atom. The second-order valence-corrected chi connectivity index (χ2v) is 11.6. The summed E-state index contributed by atoms with van der Waals surface area (Å²) in [6, 6.07) is 8.24. The Morgan fingerprint density at radius 2 is 1.67 bits per heavy atom. The molecule has 0 aliphatic heterocycles. The molecule has 1 atom stereocenters. The van der Waals surface area contributed by atoms with Gasteiger partial charge in [0.25, 0.3) is 0 Å². The van der Waals surface area contributed by atoms with E-state index in [1.807, 2.05) is 12.1 Å². The molecule has 15 heavy (non-hydrogen) atoms. The van der Waals surface area contributed by atoms with Crippen LogP contribution in [0.15, 0.2) is 24.3 Å². The number of halogens is 1. The van der Waals surface area contributed by atoms with Crippen LogP contribution in [0, 0.1) is 0 Å². The van der Waals surface area contributed by atoms with Crippen molar-refractivity contribution in [3.8, 4) is 0 Å². The maximum atomic E-state index is 5.85. The molecule has 0 nitrogen and oxygen atoms in total. The highest BCUT2D eigenvalue weighted by Crippen LogP contribution is 2.26. The highest BCUT2D eigenvalue weighted by molar-refractivity contribution is 6.77. The van der Waals surface area contributed by atoms with Crippen LogP contribution < -0.4 is 0 Å². The second-order valence-electron chi connectivity index (χ2n) is 5.43. The van der Waals surface area contributed by atoms with Gasteiger partial charge in [0.2, 0.25) is 0 Å². The summed E-state index contributed by atoms with van der Waals surface area (Å²) in [5.74, 6) is 0. The summed E-state index contributed by atoms with van der Waals surface area (Å²) in [7, 11) is -0.951. The average molecular weight is 241 g/mol. The van der Waals surface area contributed by atoms with E-state index in [2.05, 4.69) is 38.7 Å². The van der Waals surface area contributed by atoms with Crippen molar-refractivity contribution in [1.29, 1.82) is 0 Å². The molecule has 0 heterocycles. The van der Waals surface area contributed by atoms with Crippen molar-refractivity contribution < 1.29 is 0 Å². The van der Waals surface area contributed by atoms with Gasteiger partial charge in [-0.2, -0.15) is 0 Å². The van der Waals surface area contributed by atoms with E-state index < -0.39 is 8.07 Å². The first-order valence-electron chi connectivity index (χ1n) is 5.64. The molecular weight excluding hydrogens is 220 g/mol. The minimum absolute atomic E-state index is 0.831. The molecule has 1 rings (SSSR count). The van der Waals surface area contributed by atoms with Gasteiger partial charge in [0, 0.05) is 13.1 Å². The van der Waals surface area contributed by atoms with E-state index in [0.29, 0.717) is 0 Å². The summed E-state index contributed by atoms with van der Waals surface area (Å²) >= 11 is 5.85. The van der Waals surface area contributed by atoms with E-state index >= 15 is 0 Å². The van der Waals surface area contributed by atoms with Crippen molar-refractivity contribution in [2.24, 2.45) is 0 Å². The molecule has 0 aromatic heterocycles. The SMILES string of the molecule is CC(CCc1ccc(Cl)cc1)[Si](C)(C)C. The minimum Gasteiger partial charge on any atom is -0.0843 e. The van der Waals surface area contributed by atoms with Crippen LogP contribution in [0.1, 0.15) is 18.9 Å². The lowest BCUT2D eigenvalue weighted by Gasteiger charge is -2.25. The van der Waals surface area contributed by atoms with Gasteiger partial charge in [-0.1, -0.05) is 50.3 Å². The van der Waals surface area contributed by atoms with Gasteiger partial charge in [0.15, 0.2) is 0 Å². The van der Waals surface area contributed by atoms with Crippen molar-refractivity contribution in [3.63, 3.8) is 0 Å². The van der Waals surface area contributed by atoms with E-state index in [1.54, 1.807) is 0 Å². The van der Waals surface area contributed by atoms with Crippen LogP contribution in [-0.4, -0.2) is 8.07 Å². The molecule has 84 valence electrons. The summed E-state index contributed by atoms with van der Waals surface area (Å²) in [4.78, 5) is 0. The summed E-state index contributed by atoms with van der Waals surface area (Å²) in [5.41, 5.74) is 2.29. The smallest absolute Gasteiger partial charge is 0.0471 e. The highest BCUT2D eigenvalue weighted by atomic mass is 35.5. The average Bonchev–Trinajstić information content (AvgIpc) is 2.15. The van der Waals surface area contributed by atoms with Crippen LogP contribution in [0.4, 0.5) is 0 Å². The Kier molecular flexibility index (Phi) is 4.41. The Morgan fingerprint density at radius 1 is 1.13 bits per heavy atom. The van der Waals surface area contributed by atoms with Gasteiger partial charge in [-0.3, -0.25) is 0 Å². The Labute approximate surface area is 99.7 Å². The summed E-state index contributed by atoms with van der Waals surface area (Å²) in [6.07, 6.45) is 2.49. The lowest BCUT2D eigenvalue weighted by Crippen LogP contribution is -2.26. The number of hydrogen-bond acceptors (Lipinski definition) is 0. The topological polar surface area (TPSA) is 0 Å². The van der Waals surface area contributed by atoms with Crippen molar-refractivity contribution in [1.82, 2.24) is 0 Å². The van der Waals surface area contributed by atoms with Gasteiger partial charge in [0.1, 0.15) is 0 Å². The predicted molar refractivity (Wildman–Crippen MR) is 72.5 cm³/mol. The van der Waals surface area contributed by atoms with Gasteiger partial charge in [-0.05, 0) is 36.1 Å². The van der Waals surface area contributed by atoms with Gasteiger partial charge in [-0.15, -0.1) is 0 Å². The summed E-state index contributed by atoms with van der Waals surface area (Å²) in [6.45, 7) is 9.72. The standard InChI is InChI=1S/C13H21ClSi/c1-11(15(2,3)4)5-6-12-7-9-13(14)10-8-12/h7-11H,5-6H2,1-4H3. The lowest BCUT2D eigenvalue weighted by atomic mass is 10.1. The Balaban J connectivity index is 2.47. The first-order chi connectivity index (χ1) is 6.89. The van der Waals surface area contributed by atoms with Crippen molar-refractivity contribution in [3.05, 3.63) is 34.9 Å². The van der Waals surface area contributed by atoms with E-state index in [4.69, 9.17) is 11.6 Å². The van der Waals surface area contributed by atoms with Gasteiger partial charge in [0.05, 0.1) is 0 Å². The summed E-state index contributed by atoms with van der Waals surface area (Å²) in [5, 5.41) is 0.831. The first kappa shape index (κ1) is 12.8. The zero-order chi connectivity index (χ0) is 11.5. The van der Waals surface area contributed by atoms with E-state index in [9.17, 15) is 0 Å². The van der Waals surface area contributed by atoms with Gasteiger partial charge >= 0.3 is 0 Å². The predicted octanol–water partition coefficient (Wildman–Crippen LogP) is 5.00. The molecule has 1 unspecified atom stereocenters. The highest BCUT2D eigenvalue weighted by Gasteiger charge is 2.21. The maximum Gasteiger partial charge on any atom is 0.0471 e. The number of rotatable bonds is 4. The Bertz CT molecular complexity index is 297. The van der Waals surface area contributed by atoms with Crippen LogP contribution in [-0.2, 0) is 6.42 Å². The van der Waals surface area contributed by atoms with Crippen LogP contribution >= 0.6 is 11.6 Å². The molecule has 0 aliphatic rings. The molecule has 0 bridgehead atoms. The number of aryl methyl sites for hydroxylation is 1. The number of benzene rings is 1. The van der Waals surface area contributed by atoms with E-state index in [-0.39, 0.29) is 0 Å². The first-order valence-corrected chi connectivity index (χ1v) is 9.59. The number of hydrogen-bond donors (Lipinski definition) is 0. The minimum atomic E-state index is -0.951. The van der Waals surface area contributed by atoms with E-state index in [1.165, 1.54) is 18.4 Å². The molecule has 0 saturated carbocycles. The monoisotopic (exact) mass is 240 g/mol. The quantitative estimate of drug-likeness (QED) is 0.650. The molecule has 0 N–H and O–H groups in total. The van der Waals surface area contributed by atoms with E-state index in [0.717, 1.165) is 10.6 Å². The lowest BCUT2D eigenvalue weighted by molar-refractivity contribution is 0.766. The summed E-state index contributed by atoms with van der Waals surface area (Å²) < 4.78 is 0. The van der Waals surface area contributed by atoms with Crippen LogP contribution in [0.5, 0.6) is 0 Å². The normalized spacial score (nSPS) is 13.9. The fraction of sp³-hybridized carbons (Fsp3) is 0.538. The molecular formula is C13H21ClSi. The van der Waals surface area contributed by atoms with Crippen LogP contribution in [0.2, 0.25) is 30.2 Å². The zero-order valence-corrected chi connectivity index (χ0v) is 11.9. The fourth-order valence-corrected chi connectivity index (χ4v) is 2.60. The van der Waals surface area contributed by atoms with Crippen molar-refractivity contribution in [2.45, 2.75) is 44.9 Å². The largest absolute Gasteiger partial charge is 0.0843 e. The van der Waals surface area contributed by atoms with Crippen LogP contribution in [0.3, 0.4) is 0 Å².